The molecule has 0 aliphatic rings. The van der Waals surface area contributed by atoms with Crippen molar-refractivity contribution in [3.63, 3.8) is 0 Å². The summed E-state index contributed by atoms with van der Waals surface area (Å²) in [4.78, 5) is 20.6. The number of nitrogens with zero attached hydrogens (tertiary/aromatic N) is 2. The number of benzene rings is 2. The third-order valence-corrected chi connectivity index (χ3v) is 3.79. The maximum Gasteiger partial charge on any atom is 0.323 e. The van der Waals surface area contributed by atoms with Gasteiger partial charge in [-0.05, 0) is 50.2 Å². The fraction of sp³-hybridized carbons (Fsp3) is 0.150. The van der Waals surface area contributed by atoms with Gasteiger partial charge in [-0.3, -0.25) is 0 Å². The molecular formula is C20H20F2N6O. The van der Waals surface area contributed by atoms with Gasteiger partial charge in [-0.15, -0.1) is 0 Å². The van der Waals surface area contributed by atoms with Crippen molar-refractivity contribution in [1.29, 1.82) is 0 Å². The van der Waals surface area contributed by atoms with Crippen LogP contribution in [-0.4, -0.2) is 22.5 Å². The van der Waals surface area contributed by atoms with E-state index in [1.165, 1.54) is 0 Å². The fourth-order valence-corrected chi connectivity index (χ4v) is 2.56. The monoisotopic (exact) mass is 398 g/mol. The average molecular weight is 398 g/mol. The van der Waals surface area contributed by atoms with Gasteiger partial charge in [0.1, 0.15) is 29.1 Å². The van der Waals surface area contributed by atoms with E-state index in [1.54, 1.807) is 30.3 Å². The highest BCUT2D eigenvalue weighted by molar-refractivity contribution is 5.99. The van der Waals surface area contributed by atoms with Gasteiger partial charge in [-0.1, -0.05) is 0 Å². The van der Waals surface area contributed by atoms with Crippen LogP contribution < -0.4 is 21.3 Å². The highest BCUT2D eigenvalue weighted by atomic mass is 19.1. The topological polar surface area (TPSA) is 91.0 Å². The van der Waals surface area contributed by atoms with Crippen molar-refractivity contribution >= 4 is 34.7 Å². The molecule has 29 heavy (non-hydrogen) atoms. The quantitative estimate of drug-likeness (QED) is 0.475. The second-order valence-corrected chi connectivity index (χ2v) is 6.12. The number of nitrogens with one attached hydrogen (secondary N) is 4. The highest BCUT2D eigenvalue weighted by Gasteiger charge is 2.08. The minimum Gasteiger partial charge on any atom is -0.370 e. The van der Waals surface area contributed by atoms with E-state index in [9.17, 15) is 13.6 Å². The van der Waals surface area contributed by atoms with Crippen LogP contribution in [0.25, 0.3) is 0 Å². The molecule has 0 saturated carbocycles. The van der Waals surface area contributed by atoms with Crippen LogP contribution in [0.4, 0.5) is 42.3 Å². The standard InChI is InChI=1S/C20H20F2N6O/c1-3-23-18-11-19(25-12(2)24-18)26-14-5-7-15(8-6-14)27-20(29)28-17-9-4-13(21)10-16(17)22/h4-11H,3H2,1-2H3,(H2,27,28,29)(H2,23,24,25,26). The van der Waals surface area contributed by atoms with Crippen LogP contribution in [-0.2, 0) is 0 Å². The van der Waals surface area contributed by atoms with E-state index < -0.39 is 17.7 Å². The van der Waals surface area contributed by atoms with Crippen molar-refractivity contribution in [2.45, 2.75) is 13.8 Å². The predicted molar refractivity (Wildman–Crippen MR) is 110 cm³/mol. The van der Waals surface area contributed by atoms with Crippen LogP contribution in [0.2, 0.25) is 0 Å². The summed E-state index contributed by atoms with van der Waals surface area (Å²) < 4.78 is 26.5. The normalized spacial score (nSPS) is 10.3. The van der Waals surface area contributed by atoms with Crippen LogP contribution in [0.15, 0.2) is 48.5 Å². The first-order valence-electron chi connectivity index (χ1n) is 8.92. The van der Waals surface area contributed by atoms with Crippen molar-refractivity contribution in [2.75, 3.05) is 27.8 Å². The molecule has 3 rings (SSSR count). The molecule has 0 atom stereocenters. The van der Waals surface area contributed by atoms with Crippen LogP contribution in [0.1, 0.15) is 12.7 Å². The lowest BCUT2D eigenvalue weighted by atomic mass is 10.2. The van der Waals surface area contributed by atoms with Gasteiger partial charge in [0.25, 0.3) is 0 Å². The summed E-state index contributed by atoms with van der Waals surface area (Å²) >= 11 is 0. The van der Waals surface area contributed by atoms with E-state index in [-0.39, 0.29) is 5.69 Å². The lowest BCUT2D eigenvalue weighted by Gasteiger charge is -2.11. The van der Waals surface area contributed by atoms with Gasteiger partial charge < -0.3 is 21.3 Å². The predicted octanol–water partition coefficient (Wildman–Crippen LogP) is 4.88. The summed E-state index contributed by atoms with van der Waals surface area (Å²) in [5, 5.41) is 11.2. The Hall–Kier alpha value is -3.75. The summed E-state index contributed by atoms with van der Waals surface area (Å²) in [5.41, 5.74) is 1.15. The Kier molecular flexibility index (Phi) is 6.18. The first-order valence-corrected chi connectivity index (χ1v) is 8.92. The first-order chi connectivity index (χ1) is 13.9. The Morgan fingerprint density at radius 3 is 2.31 bits per heavy atom. The van der Waals surface area contributed by atoms with Gasteiger partial charge in [0, 0.05) is 30.1 Å². The van der Waals surface area contributed by atoms with Gasteiger partial charge in [-0.25, -0.2) is 23.5 Å². The fourth-order valence-electron chi connectivity index (χ4n) is 2.56. The number of carbonyl (C=O) groups excluding carboxylic acids is 1. The number of hydrogen-bond acceptors (Lipinski definition) is 5. The molecule has 2 aromatic carbocycles. The molecule has 0 spiro atoms. The second kappa shape index (κ2) is 8.96. The number of urea groups is 1. The Bertz CT molecular complexity index is 1010. The molecule has 0 bridgehead atoms. The van der Waals surface area contributed by atoms with Crippen LogP contribution in [0.3, 0.4) is 0 Å². The number of aromatic nitrogens is 2. The van der Waals surface area contributed by atoms with Gasteiger partial charge in [0.05, 0.1) is 5.69 Å². The Morgan fingerprint density at radius 2 is 1.62 bits per heavy atom. The average Bonchev–Trinajstić information content (AvgIpc) is 2.65. The molecule has 0 aliphatic carbocycles. The smallest absolute Gasteiger partial charge is 0.323 e. The Labute approximate surface area is 166 Å². The summed E-state index contributed by atoms with van der Waals surface area (Å²) in [5.74, 6) is 0.433. The Morgan fingerprint density at radius 1 is 0.931 bits per heavy atom. The molecule has 2 amide bonds. The molecule has 0 unspecified atom stereocenters. The van der Waals surface area contributed by atoms with E-state index in [1.807, 2.05) is 13.8 Å². The second-order valence-electron chi connectivity index (χ2n) is 6.12. The molecule has 3 aromatic rings. The molecule has 150 valence electrons. The number of amides is 2. The van der Waals surface area contributed by atoms with E-state index in [0.29, 0.717) is 23.4 Å². The molecular weight excluding hydrogens is 378 g/mol. The van der Waals surface area contributed by atoms with Crippen molar-refractivity contribution in [3.8, 4) is 0 Å². The summed E-state index contributed by atoms with van der Waals surface area (Å²) in [6, 6.07) is 11.0. The summed E-state index contributed by atoms with van der Waals surface area (Å²) in [6.07, 6.45) is 0. The van der Waals surface area contributed by atoms with Crippen LogP contribution >= 0.6 is 0 Å². The molecule has 1 heterocycles. The third kappa shape index (κ3) is 5.61. The van der Waals surface area contributed by atoms with Crippen molar-refractivity contribution in [2.24, 2.45) is 0 Å². The number of anilines is 5. The maximum absolute atomic E-state index is 13.6. The van der Waals surface area contributed by atoms with Crippen molar-refractivity contribution < 1.29 is 13.6 Å². The van der Waals surface area contributed by atoms with Crippen molar-refractivity contribution in [3.05, 3.63) is 66.0 Å². The third-order valence-electron chi connectivity index (χ3n) is 3.79. The number of halogens is 2. The van der Waals surface area contributed by atoms with E-state index in [4.69, 9.17) is 0 Å². The maximum atomic E-state index is 13.6. The van der Waals surface area contributed by atoms with E-state index in [2.05, 4.69) is 31.2 Å². The molecule has 0 radical (unpaired) electrons. The highest BCUT2D eigenvalue weighted by Crippen LogP contribution is 2.20. The molecule has 9 heteroatoms. The number of carbonyl (C=O) groups is 1. The van der Waals surface area contributed by atoms with Crippen molar-refractivity contribution in [1.82, 2.24) is 9.97 Å². The largest absolute Gasteiger partial charge is 0.370 e. The SMILES string of the molecule is CCNc1cc(Nc2ccc(NC(=O)Nc3ccc(F)cc3F)cc2)nc(C)n1. The lowest BCUT2D eigenvalue weighted by molar-refractivity contribution is 0.262. The molecule has 4 N–H and O–H groups in total. The van der Waals surface area contributed by atoms with Crippen LogP contribution in [0, 0.1) is 18.6 Å². The lowest BCUT2D eigenvalue weighted by Crippen LogP contribution is -2.20. The zero-order valence-electron chi connectivity index (χ0n) is 15.9. The summed E-state index contributed by atoms with van der Waals surface area (Å²) in [7, 11) is 0. The molecule has 1 aromatic heterocycles. The van der Waals surface area contributed by atoms with Gasteiger partial charge >= 0.3 is 6.03 Å². The number of hydrogen-bond donors (Lipinski definition) is 4. The van der Waals surface area contributed by atoms with Crippen LogP contribution in [0.5, 0.6) is 0 Å². The molecule has 0 fully saturated rings. The number of rotatable bonds is 6. The zero-order valence-corrected chi connectivity index (χ0v) is 15.9. The summed E-state index contributed by atoms with van der Waals surface area (Å²) in [6.45, 7) is 4.54. The minimum atomic E-state index is -0.850. The molecule has 7 nitrogen and oxygen atoms in total. The van der Waals surface area contributed by atoms with E-state index in [0.717, 1.165) is 30.2 Å². The zero-order chi connectivity index (χ0) is 20.8. The first kappa shape index (κ1) is 20.0. The van der Waals surface area contributed by atoms with Gasteiger partial charge in [0.2, 0.25) is 0 Å². The minimum absolute atomic E-state index is 0.113. The Balaban J connectivity index is 1.62. The number of aryl methyl sites for hydroxylation is 1. The van der Waals surface area contributed by atoms with Gasteiger partial charge in [0.15, 0.2) is 0 Å². The van der Waals surface area contributed by atoms with Gasteiger partial charge in [-0.2, -0.15) is 0 Å². The molecule has 0 saturated heterocycles. The molecule has 0 aliphatic heterocycles. The van der Waals surface area contributed by atoms with E-state index >= 15 is 0 Å².